The Bertz CT molecular complexity index is 545. The van der Waals surface area contributed by atoms with E-state index in [0.29, 0.717) is 12.5 Å². The van der Waals surface area contributed by atoms with Crippen molar-refractivity contribution >= 4 is 17.5 Å². The fraction of sp³-hybridized carbons (Fsp3) is 0.579. The number of nitrogens with zero attached hydrogens (tertiary/aromatic N) is 1. The Morgan fingerprint density at radius 1 is 1.04 bits per heavy atom. The lowest BCUT2D eigenvalue weighted by Gasteiger charge is -2.24. The smallest absolute Gasteiger partial charge is 0.238 e. The fourth-order valence-corrected chi connectivity index (χ4v) is 2.30. The number of hydrogen-bond acceptors (Lipinski definition) is 3. The zero-order valence-corrected chi connectivity index (χ0v) is 15.8. The molecule has 0 saturated heterocycles. The summed E-state index contributed by atoms with van der Waals surface area (Å²) in [7, 11) is 0. The number of carbonyl (C=O) groups excluding carboxylic acids is 2. The summed E-state index contributed by atoms with van der Waals surface area (Å²) in [6.45, 7) is 13.1. The van der Waals surface area contributed by atoms with Gasteiger partial charge in [0.05, 0.1) is 13.1 Å². The Balaban J connectivity index is 2.53. The number of anilines is 1. The number of rotatable bonds is 7. The number of benzene rings is 1. The van der Waals surface area contributed by atoms with Crippen LogP contribution in [0.25, 0.3) is 0 Å². The Hall–Kier alpha value is -1.88. The standard InChI is InChI=1S/C19H31N3O2/c1-7-22(13-18(24)21-19(4,5)6)12-17(23)20-16-10-8-15(9-11-16)14(2)3/h8-11,14H,7,12-13H2,1-6H3,(H,20,23)(H,21,24). The molecule has 2 N–H and O–H groups in total. The monoisotopic (exact) mass is 333 g/mol. The zero-order chi connectivity index (χ0) is 18.3. The first-order valence-corrected chi connectivity index (χ1v) is 8.54. The van der Waals surface area contributed by atoms with Gasteiger partial charge in [0, 0.05) is 11.2 Å². The topological polar surface area (TPSA) is 61.4 Å². The van der Waals surface area contributed by atoms with Gasteiger partial charge in [0.15, 0.2) is 0 Å². The lowest BCUT2D eigenvalue weighted by atomic mass is 10.0. The van der Waals surface area contributed by atoms with Crippen molar-refractivity contribution in [3.05, 3.63) is 29.8 Å². The summed E-state index contributed by atoms with van der Waals surface area (Å²) < 4.78 is 0. The van der Waals surface area contributed by atoms with Gasteiger partial charge in [0.25, 0.3) is 0 Å². The van der Waals surface area contributed by atoms with Crippen molar-refractivity contribution in [2.45, 2.75) is 53.0 Å². The van der Waals surface area contributed by atoms with E-state index in [2.05, 4.69) is 24.5 Å². The highest BCUT2D eigenvalue weighted by Crippen LogP contribution is 2.17. The predicted molar refractivity (Wildman–Crippen MR) is 99.2 cm³/mol. The van der Waals surface area contributed by atoms with Crippen LogP contribution >= 0.6 is 0 Å². The van der Waals surface area contributed by atoms with Crippen molar-refractivity contribution in [3.63, 3.8) is 0 Å². The molecule has 5 nitrogen and oxygen atoms in total. The normalized spacial score (nSPS) is 11.7. The van der Waals surface area contributed by atoms with Gasteiger partial charge in [-0.3, -0.25) is 14.5 Å². The molecule has 0 aliphatic carbocycles. The predicted octanol–water partition coefficient (Wildman–Crippen LogP) is 2.99. The summed E-state index contributed by atoms with van der Waals surface area (Å²) in [6, 6.07) is 7.87. The van der Waals surface area contributed by atoms with Gasteiger partial charge in [-0.2, -0.15) is 0 Å². The molecule has 134 valence electrons. The Morgan fingerprint density at radius 2 is 1.58 bits per heavy atom. The summed E-state index contributed by atoms with van der Waals surface area (Å²) in [5.41, 5.74) is 1.75. The number of amides is 2. The van der Waals surface area contributed by atoms with Crippen LogP contribution in [0.4, 0.5) is 5.69 Å². The molecular weight excluding hydrogens is 302 g/mol. The number of hydrogen-bond donors (Lipinski definition) is 2. The summed E-state index contributed by atoms with van der Waals surface area (Å²) in [5, 5.41) is 5.79. The van der Waals surface area contributed by atoms with Crippen LogP contribution < -0.4 is 10.6 Å². The average Bonchev–Trinajstić information content (AvgIpc) is 2.44. The second kappa shape index (κ2) is 8.83. The summed E-state index contributed by atoms with van der Waals surface area (Å²) in [5.74, 6) is 0.280. The minimum absolute atomic E-state index is 0.0709. The van der Waals surface area contributed by atoms with Gasteiger partial charge < -0.3 is 10.6 Å². The molecule has 24 heavy (non-hydrogen) atoms. The van der Waals surface area contributed by atoms with Gasteiger partial charge >= 0.3 is 0 Å². The summed E-state index contributed by atoms with van der Waals surface area (Å²) in [4.78, 5) is 26.0. The van der Waals surface area contributed by atoms with Gasteiger partial charge in [0.2, 0.25) is 11.8 Å². The molecule has 2 amide bonds. The third kappa shape index (κ3) is 7.59. The highest BCUT2D eigenvalue weighted by molar-refractivity contribution is 5.92. The Kier molecular flexibility index (Phi) is 7.42. The first kappa shape index (κ1) is 20.2. The van der Waals surface area contributed by atoms with E-state index in [4.69, 9.17) is 0 Å². The number of likely N-dealkylation sites (N-methyl/N-ethyl adjacent to an activating group) is 1. The molecule has 0 atom stereocenters. The van der Waals surface area contributed by atoms with Crippen LogP contribution in [0.3, 0.4) is 0 Å². The van der Waals surface area contributed by atoms with Crippen LogP contribution in [0, 0.1) is 0 Å². The minimum atomic E-state index is -0.267. The highest BCUT2D eigenvalue weighted by atomic mass is 16.2. The van der Waals surface area contributed by atoms with E-state index in [0.717, 1.165) is 5.69 Å². The van der Waals surface area contributed by atoms with E-state index in [1.54, 1.807) is 0 Å². The lowest BCUT2D eigenvalue weighted by molar-refractivity contribution is -0.124. The van der Waals surface area contributed by atoms with Crippen molar-refractivity contribution in [2.24, 2.45) is 0 Å². The Labute approximate surface area is 145 Å². The maximum Gasteiger partial charge on any atom is 0.238 e. The third-order valence-corrected chi connectivity index (χ3v) is 3.56. The quantitative estimate of drug-likeness (QED) is 0.806. The largest absolute Gasteiger partial charge is 0.350 e. The first-order valence-electron chi connectivity index (χ1n) is 8.54. The zero-order valence-electron chi connectivity index (χ0n) is 15.8. The van der Waals surface area contributed by atoms with Crippen molar-refractivity contribution < 1.29 is 9.59 Å². The van der Waals surface area contributed by atoms with Crippen LogP contribution in [0.5, 0.6) is 0 Å². The molecule has 0 aliphatic heterocycles. The first-order chi connectivity index (χ1) is 11.1. The van der Waals surface area contributed by atoms with E-state index in [9.17, 15) is 9.59 Å². The van der Waals surface area contributed by atoms with Crippen molar-refractivity contribution in [1.82, 2.24) is 10.2 Å². The van der Waals surface area contributed by atoms with E-state index < -0.39 is 0 Å². The van der Waals surface area contributed by atoms with Crippen LogP contribution in [0.2, 0.25) is 0 Å². The van der Waals surface area contributed by atoms with Crippen LogP contribution in [-0.4, -0.2) is 41.9 Å². The minimum Gasteiger partial charge on any atom is -0.350 e. The average molecular weight is 333 g/mol. The fourth-order valence-electron chi connectivity index (χ4n) is 2.30. The van der Waals surface area contributed by atoms with Gasteiger partial charge in [-0.05, 0) is 50.9 Å². The van der Waals surface area contributed by atoms with Crippen molar-refractivity contribution in [3.8, 4) is 0 Å². The van der Waals surface area contributed by atoms with E-state index in [-0.39, 0.29) is 30.4 Å². The van der Waals surface area contributed by atoms with Gasteiger partial charge in [-0.1, -0.05) is 32.9 Å². The molecule has 0 radical (unpaired) electrons. The summed E-state index contributed by atoms with van der Waals surface area (Å²) >= 11 is 0. The maximum absolute atomic E-state index is 12.2. The third-order valence-electron chi connectivity index (χ3n) is 3.56. The molecule has 0 heterocycles. The van der Waals surface area contributed by atoms with Crippen molar-refractivity contribution in [2.75, 3.05) is 25.0 Å². The second-order valence-electron chi connectivity index (χ2n) is 7.43. The Morgan fingerprint density at radius 3 is 2.04 bits per heavy atom. The molecule has 0 fully saturated rings. The van der Waals surface area contributed by atoms with Gasteiger partial charge in [-0.25, -0.2) is 0 Å². The number of carbonyl (C=O) groups is 2. The molecule has 1 aromatic carbocycles. The SMILES string of the molecule is CCN(CC(=O)Nc1ccc(C(C)C)cc1)CC(=O)NC(C)(C)C. The highest BCUT2D eigenvalue weighted by Gasteiger charge is 2.17. The van der Waals surface area contributed by atoms with Crippen LogP contribution in [0.15, 0.2) is 24.3 Å². The van der Waals surface area contributed by atoms with Gasteiger partial charge in [0.1, 0.15) is 0 Å². The van der Waals surface area contributed by atoms with E-state index in [1.807, 2.05) is 56.9 Å². The molecule has 5 heteroatoms. The van der Waals surface area contributed by atoms with E-state index >= 15 is 0 Å². The van der Waals surface area contributed by atoms with Crippen molar-refractivity contribution in [1.29, 1.82) is 0 Å². The number of nitrogens with one attached hydrogen (secondary N) is 2. The van der Waals surface area contributed by atoms with Crippen LogP contribution in [0.1, 0.15) is 53.0 Å². The molecule has 1 aromatic rings. The van der Waals surface area contributed by atoms with Crippen LogP contribution in [-0.2, 0) is 9.59 Å². The molecule has 0 aromatic heterocycles. The molecule has 0 spiro atoms. The summed E-state index contributed by atoms with van der Waals surface area (Å²) in [6.07, 6.45) is 0. The molecule has 0 unspecified atom stereocenters. The second-order valence-corrected chi connectivity index (χ2v) is 7.43. The molecule has 1 rings (SSSR count). The van der Waals surface area contributed by atoms with Gasteiger partial charge in [-0.15, -0.1) is 0 Å². The maximum atomic E-state index is 12.2. The molecule has 0 saturated carbocycles. The lowest BCUT2D eigenvalue weighted by Crippen LogP contribution is -2.47. The van der Waals surface area contributed by atoms with E-state index in [1.165, 1.54) is 5.56 Å². The molecule has 0 bridgehead atoms. The molecular formula is C19H31N3O2. The molecule has 0 aliphatic rings.